The maximum Gasteiger partial charge on any atom is 0.0702 e. The van der Waals surface area contributed by atoms with Gasteiger partial charge in [-0.3, -0.25) is 0 Å². The first kappa shape index (κ1) is 21.8. The Balaban J connectivity index is -0.000000980. The molecule has 0 bridgehead atoms. The van der Waals surface area contributed by atoms with Crippen LogP contribution >= 0.6 is 7.82 Å². The summed E-state index contributed by atoms with van der Waals surface area (Å²) in [6, 6.07) is 0. The number of phosphoric acid groups is 1. The van der Waals surface area contributed by atoms with E-state index in [0.29, 0.717) is 0 Å². The van der Waals surface area contributed by atoms with E-state index >= 15 is 0 Å². The van der Waals surface area contributed by atoms with Crippen molar-refractivity contribution in [2.75, 3.05) is 6.61 Å². The number of quaternary nitrogens is 2. The lowest BCUT2D eigenvalue weighted by Gasteiger charge is -2.27. The Bertz CT molecular complexity index is 293. The zero-order chi connectivity index (χ0) is 11.9. The fourth-order valence-electron chi connectivity index (χ4n) is 0.961. The highest BCUT2D eigenvalue weighted by atomic mass is 31.2. The van der Waals surface area contributed by atoms with Crippen LogP contribution in [0.5, 0.6) is 0 Å². The Labute approximate surface area is 103 Å². The minimum Gasteiger partial charge on any atom is -0.790 e. The van der Waals surface area contributed by atoms with Crippen LogP contribution < -0.4 is 22.1 Å². The van der Waals surface area contributed by atoms with Crippen molar-refractivity contribution in [2.24, 2.45) is 0 Å². The summed E-state index contributed by atoms with van der Waals surface area (Å²) in [6.07, 6.45) is 5.47. The molecule has 0 rings (SSSR count). The highest BCUT2D eigenvalue weighted by Gasteiger charge is 1.91. The zero-order valence-electron chi connectivity index (χ0n) is 11.4. The van der Waals surface area contributed by atoms with Crippen molar-refractivity contribution >= 4 is 7.82 Å². The molecule has 0 unspecified atom stereocenters. The molecule has 7 heteroatoms. The van der Waals surface area contributed by atoms with Gasteiger partial charge >= 0.3 is 0 Å². The normalized spacial score (nSPS) is 11.2. The maximum absolute atomic E-state index is 10.1. The van der Waals surface area contributed by atoms with Crippen LogP contribution in [0.15, 0.2) is 23.3 Å². The Hall–Kier alpha value is -0.490. The molecule has 0 aromatic carbocycles. The van der Waals surface area contributed by atoms with Crippen LogP contribution in [0.1, 0.15) is 33.6 Å². The Morgan fingerprint density at radius 2 is 1.71 bits per heavy atom. The second-order valence-electron chi connectivity index (χ2n) is 3.61. The van der Waals surface area contributed by atoms with E-state index in [0.717, 1.165) is 18.4 Å². The molecule has 0 saturated carbocycles. The van der Waals surface area contributed by atoms with Gasteiger partial charge in [-0.15, -0.1) is 0 Å². The monoisotopic (exact) mass is 268 g/mol. The molecular formula is C10H25N2O4P. The van der Waals surface area contributed by atoms with E-state index in [2.05, 4.69) is 10.6 Å². The summed E-state index contributed by atoms with van der Waals surface area (Å²) in [6.45, 7) is 5.76. The van der Waals surface area contributed by atoms with Crippen LogP contribution in [-0.4, -0.2) is 6.61 Å². The number of hydrogen-bond donors (Lipinski definition) is 2. The van der Waals surface area contributed by atoms with Crippen LogP contribution in [0.25, 0.3) is 0 Å². The molecule has 0 saturated heterocycles. The van der Waals surface area contributed by atoms with Gasteiger partial charge in [0.1, 0.15) is 0 Å². The molecule has 0 spiro atoms. The molecule has 0 fully saturated rings. The van der Waals surface area contributed by atoms with Gasteiger partial charge in [-0.1, -0.05) is 23.3 Å². The van der Waals surface area contributed by atoms with Gasteiger partial charge < -0.3 is 31.2 Å². The third kappa shape index (κ3) is 18.1. The molecule has 6 nitrogen and oxygen atoms in total. The van der Waals surface area contributed by atoms with Crippen molar-refractivity contribution in [1.82, 2.24) is 12.3 Å². The Morgan fingerprint density at radius 1 is 1.18 bits per heavy atom. The van der Waals surface area contributed by atoms with Gasteiger partial charge in [0.15, 0.2) is 0 Å². The molecule has 0 aliphatic carbocycles. The van der Waals surface area contributed by atoms with Gasteiger partial charge in [0.25, 0.3) is 0 Å². The lowest BCUT2D eigenvalue weighted by atomic mass is 10.1. The zero-order valence-corrected chi connectivity index (χ0v) is 12.3. The number of allylic oxidation sites excluding steroid dienone is 3. The first-order valence-corrected chi connectivity index (χ1v) is 6.23. The summed E-state index contributed by atoms with van der Waals surface area (Å²) in [5.41, 5.74) is 2.27. The average molecular weight is 268 g/mol. The molecule has 0 aliphatic rings. The predicted octanol–water partition coefficient (Wildman–Crippen LogP) is 2.28. The van der Waals surface area contributed by atoms with Crippen LogP contribution in [-0.2, 0) is 9.09 Å². The Morgan fingerprint density at radius 3 is 2.12 bits per heavy atom. The van der Waals surface area contributed by atoms with Crippen molar-refractivity contribution in [3.8, 4) is 0 Å². The van der Waals surface area contributed by atoms with Gasteiger partial charge in [0.05, 0.1) is 14.4 Å². The molecule has 0 amide bonds. The fraction of sp³-hybridized carbons (Fsp3) is 0.600. The molecule has 0 heterocycles. The third-order valence-electron chi connectivity index (χ3n) is 1.76. The Kier molecular flexibility index (Phi) is 13.6. The van der Waals surface area contributed by atoms with E-state index in [1.54, 1.807) is 6.08 Å². The molecule has 17 heavy (non-hydrogen) atoms. The topological polar surface area (TPSA) is 145 Å². The van der Waals surface area contributed by atoms with Crippen molar-refractivity contribution in [3.63, 3.8) is 0 Å². The number of hydrogen-bond acceptors (Lipinski definition) is 4. The first-order valence-electron chi connectivity index (χ1n) is 4.77. The molecule has 8 N–H and O–H groups in total. The summed E-state index contributed by atoms with van der Waals surface area (Å²) in [7, 11) is -4.82. The van der Waals surface area contributed by atoms with Crippen LogP contribution in [0, 0.1) is 0 Å². The minimum absolute atomic E-state index is 0. The van der Waals surface area contributed by atoms with Crippen LogP contribution in [0.3, 0.4) is 0 Å². The average Bonchev–Trinajstić information content (AvgIpc) is 2.00. The van der Waals surface area contributed by atoms with Gasteiger partial charge in [-0.05, 0) is 33.6 Å². The second-order valence-corrected chi connectivity index (χ2v) is 4.77. The second kappa shape index (κ2) is 10.7. The van der Waals surface area contributed by atoms with Gasteiger partial charge in [-0.25, -0.2) is 0 Å². The molecule has 0 atom stereocenters. The predicted molar refractivity (Wildman–Crippen MR) is 68.0 cm³/mol. The third-order valence-corrected chi connectivity index (χ3v) is 2.22. The summed E-state index contributed by atoms with van der Waals surface area (Å²) in [5.74, 6) is 0. The first-order chi connectivity index (χ1) is 6.81. The standard InChI is InChI=1S/C10H19O4P.2H3N/c1-9(2)5-4-6-10(3)7-8-14-15(11,12)13;;/h5,7H,4,6,8H2,1-3H3,(H2,11,12,13);2*1H3. The number of phosphoric ester groups is 1. The van der Waals surface area contributed by atoms with E-state index in [1.807, 2.05) is 20.8 Å². The van der Waals surface area contributed by atoms with Crippen molar-refractivity contribution in [3.05, 3.63) is 23.3 Å². The smallest absolute Gasteiger partial charge is 0.0702 e. The van der Waals surface area contributed by atoms with Crippen LogP contribution in [0.4, 0.5) is 0 Å². The highest BCUT2D eigenvalue weighted by Crippen LogP contribution is 2.24. The van der Waals surface area contributed by atoms with Crippen LogP contribution in [0.2, 0.25) is 0 Å². The molecular weight excluding hydrogens is 243 g/mol. The summed E-state index contributed by atoms with van der Waals surface area (Å²) < 4.78 is 14.2. The number of rotatable bonds is 6. The van der Waals surface area contributed by atoms with E-state index in [1.165, 1.54) is 5.57 Å². The van der Waals surface area contributed by atoms with E-state index in [4.69, 9.17) is 0 Å². The van der Waals surface area contributed by atoms with Gasteiger partial charge in [-0.2, -0.15) is 0 Å². The molecule has 0 aromatic rings. The van der Waals surface area contributed by atoms with Gasteiger partial charge in [0.2, 0.25) is 0 Å². The fourth-order valence-corrected chi connectivity index (χ4v) is 1.22. The molecule has 0 aromatic heterocycles. The quantitative estimate of drug-likeness (QED) is 0.561. The minimum atomic E-state index is -4.82. The van der Waals surface area contributed by atoms with E-state index < -0.39 is 7.82 Å². The van der Waals surface area contributed by atoms with Crippen molar-refractivity contribution < 1.29 is 18.9 Å². The van der Waals surface area contributed by atoms with Crippen molar-refractivity contribution in [2.45, 2.75) is 33.6 Å². The van der Waals surface area contributed by atoms with Crippen molar-refractivity contribution in [1.29, 1.82) is 0 Å². The summed E-state index contributed by atoms with van der Waals surface area (Å²) in [4.78, 5) is 20.3. The lowest BCUT2D eigenvalue weighted by Crippen LogP contribution is -2.16. The largest absolute Gasteiger partial charge is 0.790 e. The van der Waals surface area contributed by atoms with E-state index in [9.17, 15) is 14.4 Å². The molecule has 104 valence electrons. The lowest BCUT2D eigenvalue weighted by molar-refractivity contribution is -0.340. The summed E-state index contributed by atoms with van der Waals surface area (Å²) >= 11 is 0. The summed E-state index contributed by atoms with van der Waals surface area (Å²) in [5, 5.41) is 0. The van der Waals surface area contributed by atoms with Gasteiger partial charge in [0, 0.05) is 0 Å². The molecule has 0 aliphatic heterocycles. The SMILES string of the molecule is CC(C)=CCCC(C)=CCOP(=O)([O-])[O-].[NH4+].[NH4+]. The molecule has 0 radical (unpaired) electrons. The highest BCUT2D eigenvalue weighted by molar-refractivity contribution is 7.43. The van der Waals surface area contributed by atoms with E-state index in [-0.39, 0.29) is 18.9 Å². The maximum atomic E-state index is 10.1.